The largest absolute Gasteiger partial charge is 0.350 e. The van der Waals surface area contributed by atoms with E-state index in [2.05, 4.69) is 10.0 Å². The van der Waals surface area contributed by atoms with Gasteiger partial charge in [-0.2, -0.15) is 0 Å². The van der Waals surface area contributed by atoms with E-state index in [1.54, 1.807) is 12.1 Å². The first-order valence-corrected chi connectivity index (χ1v) is 11.3. The van der Waals surface area contributed by atoms with Gasteiger partial charge >= 0.3 is 0 Å². The number of thiophene rings is 1. The Morgan fingerprint density at radius 2 is 1.93 bits per heavy atom. The third-order valence-corrected chi connectivity index (χ3v) is 6.84. The van der Waals surface area contributed by atoms with Crippen LogP contribution in [-0.4, -0.2) is 18.9 Å². The highest BCUT2D eigenvalue weighted by Gasteiger charge is 2.16. The van der Waals surface area contributed by atoms with Crippen molar-refractivity contribution in [2.45, 2.75) is 11.4 Å². The highest BCUT2D eigenvalue weighted by atomic mass is 32.2. The van der Waals surface area contributed by atoms with E-state index >= 15 is 0 Å². The second-order valence-corrected chi connectivity index (χ2v) is 9.39. The molecule has 8 heteroatoms. The number of hydrogen-bond acceptors (Lipinski definition) is 4. The third-order valence-electron chi connectivity index (χ3n) is 4.57. The van der Waals surface area contributed by atoms with Gasteiger partial charge in [0.25, 0.3) is 5.91 Å². The van der Waals surface area contributed by atoms with Crippen LogP contribution in [0.1, 0.15) is 15.2 Å². The van der Waals surface area contributed by atoms with E-state index in [1.807, 2.05) is 59.6 Å². The van der Waals surface area contributed by atoms with E-state index in [-0.39, 0.29) is 22.9 Å². The van der Waals surface area contributed by atoms with Gasteiger partial charge in [-0.05, 0) is 53.2 Å². The minimum atomic E-state index is -3.72. The molecule has 0 saturated heterocycles. The quantitative estimate of drug-likeness (QED) is 0.491. The van der Waals surface area contributed by atoms with E-state index < -0.39 is 10.0 Å². The Hall–Kier alpha value is -2.94. The van der Waals surface area contributed by atoms with E-state index in [0.717, 1.165) is 15.8 Å². The molecule has 2 aromatic carbocycles. The number of aryl methyl sites for hydroxylation is 1. The molecule has 0 aliphatic rings. The third kappa shape index (κ3) is 4.24. The maximum absolute atomic E-state index is 12.7. The molecule has 0 unspecified atom stereocenters. The second kappa shape index (κ2) is 7.82. The predicted octanol–water partition coefficient (Wildman–Crippen LogP) is 3.97. The number of nitrogens with zero attached hydrogens (tertiary/aromatic N) is 1. The summed E-state index contributed by atoms with van der Waals surface area (Å²) in [4.78, 5) is 13.6. The van der Waals surface area contributed by atoms with Crippen LogP contribution in [0.2, 0.25) is 0 Å². The monoisotopic (exact) mass is 425 g/mol. The van der Waals surface area contributed by atoms with Crippen LogP contribution in [0.3, 0.4) is 0 Å². The molecule has 0 aliphatic carbocycles. The number of carbonyl (C=O) groups excluding carboxylic acids is 1. The van der Waals surface area contributed by atoms with Crippen molar-refractivity contribution >= 4 is 43.9 Å². The first-order valence-electron chi connectivity index (χ1n) is 8.91. The molecule has 2 heterocycles. The van der Waals surface area contributed by atoms with E-state index in [9.17, 15) is 13.2 Å². The Morgan fingerprint density at radius 1 is 1.07 bits per heavy atom. The number of anilines is 1. The highest BCUT2D eigenvalue weighted by Crippen LogP contribution is 2.21. The number of benzene rings is 2. The summed E-state index contributed by atoms with van der Waals surface area (Å²) in [6.45, 7) is 0.215. The Bertz CT molecular complexity index is 1280. The molecule has 0 bridgehead atoms. The predicted molar refractivity (Wildman–Crippen MR) is 116 cm³/mol. The van der Waals surface area contributed by atoms with Crippen molar-refractivity contribution in [2.24, 2.45) is 7.05 Å². The summed E-state index contributed by atoms with van der Waals surface area (Å²) in [7, 11) is -1.78. The standard InChI is InChI=1S/C21H19N3O3S2/c1-24-10-9-15-7-8-17(13-20(15)24)23-21(25)16-4-2-6-19(12-16)29(26,27)22-14-18-5-3-11-28-18/h2-13,22H,14H2,1H3,(H,23,25). The minimum absolute atomic E-state index is 0.0552. The van der Waals surface area contributed by atoms with E-state index in [4.69, 9.17) is 0 Å². The fraction of sp³-hybridized carbons (Fsp3) is 0.0952. The zero-order valence-electron chi connectivity index (χ0n) is 15.6. The molecule has 0 fully saturated rings. The van der Waals surface area contributed by atoms with Crippen molar-refractivity contribution in [3.05, 3.63) is 82.7 Å². The van der Waals surface area contributed by atoms with Gasteiger partial charge in [-0.25, -0.2) is 13.1 Å². The number of rotatable bonds is 6. The molecule has 1 amide bonds. The van der Waals surface area contributed by atoms with Crippen molar-refractivity contribution in [1.82, 2.24) is 9.29 Å². The fourth-order valence-electron chi connectivity index (χ4n) is 3.01. The van der Waals surface area contributed by atoms with Crippen molar-refractivity contribution < 1.29 is 13.2 Å². The summed E-state index contributed by atoms with van der Waals surface area (Å²) in [5.74, 6) is -0.367. The summed E-state index contributed by atoms with van der Waals surface area (Å²) >= 11 is 1.48. The Balaban J connectivity index is 1.52. The molecule has 2 N–H and O–H groups in total. The first kappa shape index (κ1) is 19.4. The lowest BCUT2D eigenvalue weighted by molar-refractivity contribution is 0.102. The lowest BCUT2D eigenvalue weighted by Crippen LogP contribution is -2.23. The lowest BCUT2D eigenvalue weighted by atomic mass is 10.2. The van der Waals surface area contributed by atoms with Crippen LogP contribution in [-0.2, 0) is 23.6 Å². The molecule has 0 atom stereocenters. The van der Waals surface area contributed by atoms with Gasteiger partial charge in [0.05, 0.1) is 4.90 Å². The maximum Gasteiger partial charge on any atom is 0.255 e. The SMILES string of the molecule is Cn1ccc2ccc(NC(=O)c3cccc(S(=O)(=O)NCc4cccs4)c3)cc21. The molecule has 2 aromatic heterocycles. The van der Waals surface area contributed by atoms with Crippen LogP contribution in [0.25, 0.3) is 10.9 Å². The zero-order chi connectivity index (χ0) is 20.4. The van der Waals surface area contributed by atoms with Crippen LogP contribution in [0, 0.1) is 0 Å². The maximum atomic E-state index is 12.7. The minimum Gasteiger partial charge on any atom is -0.350 e. The summed E-state index contributed by atoms with van der Waals surface area (Å²) < 4.78 is 29.7. The molecule has 0 aliphatic heterocycles. The van der Waals surface area contributed by atoms with E-state index in [0.29, 0.717) is 5.69 Å². The first-order chi connectivity index (χ1) is 13.9. The number of fused-ring (bicyclic) bond motifs is 1. The molecular formula is C21H19N3O3S2. The van der Waals surface area contributed by atoms with Gasteiger partial charge in [0.1, 0.15) is 0 Å². The number of amides is 1. The van der Waals surface area contributed by atoms with Gasteiger partial charge in [-0.1, -0.05) is 18.2 Å². The topological polar surface area (TPSA) is 80.2 Å². The average Bonchev–Trinajstić information content (AvgIpc) is 3.37. The summed E-state index contributed by atoms with van der Waals surface area (Å²) in [6, 6.07) is 17.4. The average molecular weight is 426 g/mol. The molecule has 0 saturated carbocycles. The molecule has 6 nitrogen and oxygen atoms in total. The van der Waals surface area contributed by atoms with Gasteiger partial charge in [-0.15, -0.1) is 11.3 Å². The fourth-order valence-corrected chi connectivity index (χ4v) is 4.80. The molecule has 0 spiro atoms. The van der Waals surface area contributed by atoms with Crippen LogP contribution < -0.4 is 10.0 Å². The van der Waals surface area contributed by atoms with Crippen LogP contribution >= 0.6 is 11.3 Å². The summed E-state index contributed by atoms with van der Waals surface area (Å²) in [6.07, 6.45) is 1.95. The van der Waals surface area contributed by atoms with Crippen LogP contribution in [0.15, 0.2) is 77.1 Å². The lowest BCUT2D eigenvalue weighted by Gasteiger charge is -2.09. The molecule has 29 heavy (non-hydrogen) atoms. The van der Waals surface area contributed by atoms with Crippen LogP contribution in [0.5, 0.6) is 0 Å². The van der Waals surface area contributed by atoms with Crippen molar-refractivity contribution in [1.29, 1.82) is 0 Å². The zero-order valence-corrected chi connectivity index (χ0v) is 17.3. The van der Waals surface area contributed by atoms with Gasteiger partial charge in [0, 0.05) is 41.4 Å². The Labute approximate surface area is 172 Å². The van der Waals surface area contributed by atoms with Crippen molar-refractivity contribution in [3.63, 3.8) is 0 Å². The molecular weight excluding hydrogens is 406 g/mol. The Morgan fingerprint density at radius 3 is 2.72 bits per heavy atom. The number of carbonyl (C=O) groups is 1. The smallest absolute Gasteiger partial charge is 0.255 e. The second-order valence-electron chi connectivity index (χ2n) is 6.59. The number of sulfonamides is 1. The molecule has 148 valence electrons. The van der Waals surface area contributed by atoms with Crippen molar-refractivity contribution in [3.8, 4) is 0 Å². The van der Waals surface area contributed by atoms with Crippen molar-refractivity contribution in [2.75, 3.05) is 5.32 Å². The molecule has 0 radical (unpaired) electrons. The molecule has 4 rings (SSSR count). The van der Waals surface area contributed by atoms with Gasteiger partial charge in [-0.3, -0.25) is 4.79 Å². The highest BCUT2D eigenvalue weighted by molar-refractivity contribution is 7.89. The van der Waals surface area contributed by atoms with Gasteiger partial charge in [0.15, 0.2) is 0 Å². The van der Waals surface area contributed by atoms with Crippen LogP contribution in [0.4, 0.5) is 5.69 Å². The normalized spacial score (nSPS) is 11.6. The molecule has 4 aromatic rings. The summed E-state index contributed by atoms with van der Waals surface area (Å²) in [5, 5.41) is 5.80. The number of nitrogens with one attached hydrogen (secondary N) is 2. The number of hydrogen-bond donors (Lipinski definition) is 2. The Kier molecular flexibility index (Phi) is 5.23. The van der Waals surface area contributed by atoms with Gasteiger partial charge in [0.2, 0.25) is 10.0 Å². The summed E-state index contributed by atoms with van der Waals surface area (Å²) in [5.41, 5.74) is 1.92. The van der Waals surface area contributed by atoms with E-state index in [1.165, 1.54) is 23.5 Å². The number of aromatic nitrogens is 1. The van der Waals surface area contributed by atoms with Gasteiger partial charge < -0.3 is 9.88 Å².